The van der Waals surface area contributed by atoms with E-state index in [1.807, 2.05) is 48.5 Å². The van der Waals surface area contributed by atoms with Crippen molar-refractivity contribution in [1.29, 1.82) is 0 Å². The summed E-state index contributed by atoms with van der Waals surface area (Å²) in [6, 6.07) is 21.0. The van der Waals surface area contributed by atoms with E-state index in [4.69, 9.17) is 4.42 Å². The summed E-state index contributed by atoms with van der Waals surface area (Å²) in [5.74, 6) is -2.19. The van der Waals surface area contributed by atoms with Crippen LogP contribution in [0.5, 0.6) is 0 Å². The third-order valence-electron chi connectivity index (χ3n) is 7.16. The molecule has 0 aliphatic carbocycles. The summed E-state index contributed by atoms with van der Waals surface area (Å²) in [6.07, 6.45) is 1.03. The van der Waals surface area contributed by atoms with Gasteiger partial charge in [-0.2, -0.15) is 4.98 Å². The van der Waals surface area contributed by atoms with Gasteiger partial charge in [0.15, 0.2) is 5.58 Å². The van der Waals surface area contributed by atoms with Crippen LogP contribution in [0.1, 0.15) is 36.5 Å². The first kappa shape index (κ1) is 26.0. The monoisotopic (exact) mass is 526 g/mol. The van der Waals surface area contributed by atoms with Crippen molar-refractivity contribution in [3.63, 3.8) is 0 Å². The van der Waals surface area contributed by atoms with E-state index in [1.54, 1.807) is 17.0 Å². The molecular formula is C30H30N4O5. The number of aryl methyl sites for hydroxylation is 1. The summed E-state index contributed by atoms with van der Waals surface area (Å²) in [5, 5.41) is 15.7. The maximum absolute atomic E-state index is 12.7. The van der Waals surface area contributed by atoms with Crippen LogP contribution in [0, 0.1) is 5.92 Å². The van der Waals surface area contributed by atoms with E-state index in [2.05, 4.69) is 28.6 Å². The molecule has 1 aliphatic rings. The standard InChI is InChI=1S/C30H30N4O5/c1-3-20-6-4-5-7-25(20)32-30-33-26-13-8-19(14-27(26)39-30)15-28(36)31-22-11-9-21(10-12-22)23-16-34(18(2)35)17-24(23)29(37)38/h4-14,23-24H,3,15-17H2,1-2H3,(H,31,36)(H,32,33)(H,37,38). The zero-order valence-corrected chi connectivity index (χ0v) is 21.8. The summed E-state index contributed by atoms with van der Waals surface area (Å²) in [5.41, 5.74) is 5.61. The Morgan fingerprint density at radius 2 is 1.82 bits per heavy atom. The van der Waals surface area contributed by atoms with E-state index in [0.29, 0.717) is 29.3 Å². The van der Waals surface area contributed by atoms with Gasteiger partial charge < -0.3 is 25.1 Å². The highest BCUT2D eigenvalue weighted by molar-refractivity contribution is 5.93. The predicted molar refractivity (Wildman–Crippen MR) is 148 cm³/mol. The van der Waals surface area contributed by atoms with Crippen LogP contribution in [-0.2, 0) is 27.2 Å². The smallest absolute Gasteiger partial charge is 0.308 e. The number of hydrogen-bond donors (Lipinski definition) is 3. The quantitative estimate of drug-likeness (QED) is 0.296. The fraction of sp³-hybridized carbons (Fsp3) is 0.267. The number of amides is 2. The number of aliphatic carboxylic acids is 1. The molecule has 1 aliphatic heterocycles. The van der Waals surface area contributed by atoms with Crippen LogP contribution in [0.15, 0.2) is 71.1 Å². The molecule has 39 heavy (non-hydrogen) atoms. The predicted octanol–water partition coefficient (Wildman–Crippen LogP) is 4.96. The number of carboxylic acids is 1. The van der Waals surface area contributed by atoms with Gasteiger partial charge in [0.25, 0.3) is 6.01 Å². The van der Waals surface area contributed by atoms with Crippen molar-refractivity contribution in [2.45, 2.75) is 32.6 Å². The number of rotatable bonds is 8. The molecule has 0 spiro atoms. The number of benzene rings is 3. The first-order valence-electron chi connectivity index (χ1n) is 12.9. The van der Waals surface area contributed by atoms with Gasteiger partial charge in [-0.1, -0.05) is 43.3 Å². The molecule has 200 valence electrons. The maximum atomic E-state index is 12.7. The minimum Gasteiger partial charge on any atom is -0.481 e. The number of aromatic nitrogens is 1. The molecule has 3 N–H and O–H groups in total. The van der Waals surface area contributed by atoms with Gasteiger partial charge in [-0.25, -0.2) is 0 Å². The Balaban J connectivity index is 1.22. The topological polar surface area (TPSA) is 125 Å². The molecule has 0 saturated carbocycles. The lowest BCUT2D eigenvalue weighted by Crippen LogP contribution is -2.27. The fourth-order valence-corrected chi connectivity index (χ4v) is 5.05. The number of carboxylic acid groups (broad SMARTS) is 1. The minimum absolute atomic E-state index is 0.134. The second kappa shape index (κ2) is 11.0. The van der Waals surface area contributed by atoms with E-state index in [-0.39, 0.29) is 30.7 Å². The molecule has 1 aromatic heterocycles. The van der Waals surface area contributed by atoms with Gasteiger partial charge >= 0.3 is 5.97 Å². The van der Waals surface area contributed by atoms with Crippen LogP contribution in [0.25, 0.3) is 11.1 Å². The molecule has 4 aromatic rings. The van der Waals surface area contributed by atoms with E-state index < -0.39 is 11.9 Å². The number of carbonyl (C=O) groups is 3. The zero-order valence-electron chi connectivity index (χ0n) is 21.8. The molecule has 0 radical (unpaired) electrons. The number of oxazole rings is 1. The Labute approximate surface area is 225 Å². The van der Waals surface area contributed by atoms with Crippen molar-refractivity contribution in [2.75, 3.05) is 23.7 Å². The Hall–Kier alpha value is -4.66. The first-order chi connectivity index (χ1) is 18.8. The lowest BCUT2D eigenvalue weighted by Gasteiger charge is -2.16. The highest BCUT2D eigenvalue weighted by Gasteiger charge is 2.39. The largest absolute Gasteiger partial charge is 0.481 e. The van der Waals surface area contributed by atoms with E-state index in [0.717, 1.165) is 28.8 Å². The zero-order chi connectivity index (χ0) is 27.5. The Kier molecular flexibility index (Phi) is 7.31. The van der Waals surface area contributed by atoms with Gasteiger partial charge in [0.2, 0.25) is 11.8 Å². The number of likely N-dealkylation sites (tertiary alicyclic amines) is 1. The summed E-state index contributed by atoms with van der Waals surface area (Å²) >= 11 is 0. The Morgan fingerprint density at radius 1 is 1.05 bits per heavy atom. The average Bonchev–Trinajstić information content (AvgIpc) is 3.54. The van der Waals surface area contributed by atoms with Crippen LogP contribution in [0.4, 0.5) is 17.4 Å². The molecule has 3 aromatic carbocycles. The van der Waals surface area contributed by atoms with Crippen molar-refractivity contribution in [1.82, 2.24) is 9.88 Å². The highest BCUT2D eigenvalue weighted by Crippen LogP contribution is 2.33. The van der Waals surface area contributed by atoms with Crippen molar-refractivity contribution in [3.05, 3.63) is 83.4 Å². The summed E-state index contributed by atoms with van der Waals surface area (Å²) in [6.45, 7) is 4.10. The molecule has 9 heteroatoms. The van der Waals surface area contributed by atoms with Crippen molar-refractivity contribution in [2.24, 2.45) is 5.92 Å². The SMILES string of the molecule is CCc1ccccc1Nc1nc2ccc(CC(=O)Nc3ccc(C4CN(C(C)=O)CC4C(=O)O)cc3)cc2o1. The minimum atomic E-state index is -0.918. The van der Waals surface area contributed by atoms with Crippen LogP contribution < -0.4 is 10.6 Å². The van der Waals surface area contributed by atoms with Crippen LogP contribution in [0.3, 0.4) is 0 Å². The number of carbonyl (C=O) groups excluding carboxylic acids is 2. The molecule has 2 amide bonds. The molecular weight excluding hydrogens is 496 g/mol. The molecule has 0 bridgehead atoms. The summed E-state index contributed by atoms with van der Waals surface area (Å²) in [7, 11) is 0. The van der Waals surface area contributed by atoms with Crippen LogP contribution >= 0.6 is 0 Å². The second-order valence-corrected chi connectivity index (χ2v) is 9.78. The number of fused-ring (bicyclic) bond motifs is 1. The van der Waals surface area contributed by atoms with E-state index in [1.165, 1.54) is 6.92 Å². The second-order valence-electron chi connectivity index (χ2n) is 9.78. The van der Waals surface area contributed by atoms with Gasteiger partial charge in [0, 0.05) is 37.3 Å². The number of anilines is 3. The summed E-state index contributed by atoms with van der Waals surface area (Å²) < 4.78 is 5.90. The van der Waals surface area contributed by atoms with Gasteiger partial charge in [-0.05, 0) is 53.4 Å². The lowest BCUT2D eigenvalue weighted by atomic mass is 9.89. The van der Waals surface area contributed by atoms with Crippen molar-refractivity contribution >= 4 is 46.3 Å². The average molecular weight is 527 g/mol. The van der Waals surface area contributed by atoms with Gasteiger partial charge in [-0.15, -0.1) is 0 Å². The van der Waals surface area contributed by atoms with Crippen molar-refractivity contribution < 1.29 is 23.9 Å². The van der Waals surface area contributed by atoms with Gasteiger partial charge in [0.05, 0.1) is 12.3 Å². The number of nitrogens with zero attached hydrogens (tertiary/aromatic N) is 2. The fourth-order valence-electron chi connectivity index (χ4n) is 5.05. The number of para-hydroxylation sites is 1. The first-order valence-corrected chi connectivity index (χ1v) is 12.9. The Bertz CT molecular complexity index is 1530. The number of hydrogen-bond acceptors (Lipinski definition) is 6. The highest BCUT2D eigenvalue weighted by atomic mass is 16.4. The molecule has 5 rings (SSSR count). The maximum Gasteiger partial charge on any atom is 0.308 e. The normalized spacial score (nSPS) is 16.8. The molecule has 2 heterocycles. The van der Waals surface area contributed by atoms with Gasteiger partial charge in [0.1, 0.15) is 5.52 Å². The third-order valence-corrected chi connectivity index (χ3v) is 7.16. The van der Waals surface area contributed by atoms with E-state index in [9.17, 15) is 19.5 Å². The van der Waals surface area contributed by atoms with Crippen LogP contribution in [0.2, 0.25) is 0 Å². The molecule has 9 nitrogen and oxygen atoms in total. The molecule has 2 atom stereocenters. The van der Waals surface area contributed by atoms with Crippen molar-refractivity contribution in [3.8, 4) is 0 Å². The molecule has 2 unspecified atom stereocenters. The van der Waals surface area contributed by atoms with Gasteiger partial charge in [-0.3, -0.25) is 14.4 Å². The van der Waals surface area contributed by atoms with Crippen LogP contribution in [-0.4, -0.2) is 45.9 Å². The number of nitrogens with one attached hydrogen (secondary N) is 2. The van der Waals surface area contributed by atoms with E-state index >= 15 is 0 Å². The molecule has 1 fully saturated rings. The third kappa shape index (κ3) is 5.77. The Morgan fingerprint density at radius 3 is 2.54 bits per heavy atom. The lowest BCUT2D eigenvalue weighted by molar-refractivity contribution is -0.141. The molecule has 1 saturated heterocycles. The summed E-state index contributed by atoms with van der Waals surface area (Å²) in [4.78, 5) is 42.3.